The first-order chi connectivity index (χ1) is 7.32. The third kappa shape index (κ3) is 1.49. The molecule has 2 nitrogen and oxygen atoms in total. The van der Waals surface area contributed by atoms with Gasteiger partial charge in [0, 0.05) is 0 Å². The number of nitrogens with zero attached hydrogens (tertiary/aromatic N) is 1. The molecule has 2 heterocycles. The van der Waals surface area contributed by atoms with Crippen molar-refractivity contribution >= 4 is 0 Å². The van der Waals surface area contributed by atoms with E-state index in [1.54, 1.807) is 0 Å². The molecule has 2 saturated heterocycles. The third-order valence-corrected chi connectivity index (χ3v) is 4.67. The lowest BCUT2D eigenvalue weighted by Gasteiger charge is -2.30. The molecule has 2 aliphatic heterocycles. The summed E-state index contributed by atoms with van der Waals surface area (Å²) in [5.74, 6) is 0.813. The highest BCUT2D eigenvalue weighted by Crippen LogP contribution is 2.52. The van der Waals surface area contributed by atoms with Crippen molar-refractivity contribution in [2.75, 3.05) is 0 Å². The molecule has 1 aliphatic carbocycles. The molecule has 1 saturated carbocycles. The lowest BCUT2D eigenvalue weighted by molar-refractivity contribution is 0.0711. The molecular weight excluding hydrogens is 186 g/mol. The van der Waals surface area contributed by atoms with Gasteiger partial charge in [0.2, 0.25) is 0 Å². The van der Waals surface area contributed by atoms with Gasteiger partial charge in [-0.2, -0.15) is 5.26 Å². The molecule has 0 amide bonds. The van der Waals surface area contributed by atoms with Crippen LogP contribution in [0, 0.1) is 22.7 Å². The highest BCUT2D eigenvalue weighted by atomic mass is 16.5. The topological polar surface area (TPSA) is 33.0 Å². The molecule has 3 atom stereocenters. The molecule has 0 radical (unpaired) electrons. The maximum absolute atomic E-state index is 9.47. The van der Waals surface area contributed by atoms with Crippen LogP contribution in [-0.4, -0.2) is 12.2 Å². The minimum absolute atomic E-state index is 0.0993. The Balaban J connectivity index is 1.73. The molecule has 82 valence electrons. The van der Waals surface area contributed by atoms with Gasteiger partial charge in [-0.05, 0) is 31.6 Å². The third-order valence-electron chi connectivity index (χ3n) is 4.67. The lowest BCUT2D eigenvalue weighted by Crippen LogP contribution is -2.32. The molecule has 0 aromatic rings. The minimum Gasteiger partial charge on any atom is -0.373 e. The Labute approximate surface area is 91.6 Å². The molecule has 0 spiro atoms. The second kappa shape index (κ2) is 3.49. The fourth-order valence-corrected chi connectivity index (χ4v) is 3.91. The Kier molecular flexibility index (Phi) is 2.25. The number of rotatable bonds is 2. The number of ether oxygens (including phenoxy) is 1. The molecule has 2 heteroatoms. The number of fused-ring (bicyclic) bond motifs is 2. The normalized spacial score (nSPS) is 44.7. The van der Waals surface area contributed by atoms with Gasteiger partial charge in [0.1, 0.15) is 0 Å². The second-order valence-electron chi connectivity index (χ2n) is 5.65. The maximum atomic E-state index is 9.47. The van der Waals surface area contributed by atoms with Crippen molar-refractivity contribution in [1.29, 1.82) is 5.26 Å². The molecule has 2 bridgehead atoms. The van der Waals surface area contributed by atoms with E-state index in [0.29, 0.717) is 6.10 Å². The zero-order valence-electron chi connectivity index (χ0n) is 9.24. The summed E-state index contributed by atoms with van der Waals surface area (Å²) in [5, 5.41) is 9.47. The van der Waals surface area contributed by atoms with Crippen molar-refractivity contribution in [1.82, 2.24) is 0 Å². The summed E-state index contributed by atoms with van der Waals surface area (Å²) < 4.78 is 5.87. The van der Waals surface area contributed by atoms with Crippen LogP contribution in [-0.2, 0) is 4.74 Å². The van der Waals surface area contributed by atoms with Gasteiger partial charge in [-0.25, -0.2) is 0 Å². The van der Waals surface area contributed by atoms with Crippen LogP contribution >= 0.6 is 0 Å². The van der Waals surface area contributed by atoms with Crippen molar-refractivity contribution in [3.8, 4) is 6.07 Å². The Morgan fingerprint density at radius 2 is 2.00 bits per heavy atom. The van der Waals surface area contributed by atoms with E-state index in [0.717, 1.165) is 25.2 Å². The molecule has 3 unspecified atom stereocenters. The summed E-state index contributed by atoms with van der Waals surface area (Å²) in [5.41, 5.74) is -0.0993. The predicted octanol–water partition coefficient (Wildman–Crippen LogP) is 3.03. The van der Waals surface area contributed by atoms with E-state index in [1.165, 1.54) is 32.1 Å². The van der Waals surface area contributed by atoms with Gasteiger partial charge in [0.05, 0.1) is 23.7 Å². The second-order valence-corrected chi connectivity index (χ2v) is 5.65. The smallest absolute Gasteiger partial charge is 0.0862 e. The number of hydrogen-bond donors (Lipinski definition) is 0. The molecule has 3 rings (SSSR count). The molecular formula is C13H19NO. The van der Waals surface area contributed by atoms with Gasteiger partial charge in [-0.15, -0.1) is 0 Å². The van der Waals surface area contributed by atoms with Gasteiger partial charge in [0.15, 0.2) is 0 Å². The van der Waals surface area contributed by atoms with Crippen LogP contribution in [0.15, 0.2) is 0 Å². The van der Waals surface area contributed by atoms with Crippen molar-refractivity contribution < 1.29 is 4.74 Å². The van der Waals surface area contributed by atoms with Crippen LogP contribution in [0.2, 0.25) is 0 Å². The van der Waals surface area contributed by atoms with E-state index in [9.17, 15) is 5.26 Å². The van der Waals surface area contributed by atoms with E-state index >= 15 is 0 Å². The SMILES string of the molecule is N#CC1(CC2CCCC2)CC2CCC1O2. The Morgan fingerprint density at radius 1 is 1.20 bits per heavy atom. The summed E-state index contributed by atoms with van der Waals surface area (Å²) >= 11 is 0. The molecule has 3 aliphatic rings. The van der Waals surface area contributed by atoms with Crippen LogP contribution < -0.4 is 0 Å². The van der Waals surface area contributed by atoms with Crippen molar-refractivity contribution in [2.45, 2.75) is 63.6 Å². The first-order valence-electron chi connectivity index (χ1n) is 6.39. The highest BCUT2D eigenvalue weighted by Gasteiger charge is 2.53. The average Bonchev–Trinajstić information content (AvgIpc) is 2.93. The summed E-state index contributed by atoms with van der Waals surface area (Å²) in [6, 6.07) is 2.61. The summed E-state index contributed by atoms with van der Waals surface area (Å²) in [7, 11) is 0. The molecule has 0 N–H and O–H groups in total. The molecule has 0 aromatic carbocycles. The average molecular weight is 205 g/mol. The van der Waals surface area contributed by atoms with E-state index in [4.69, 9.17) is 4.74 Å². The standard InChI is InChI=1S/C13H19NO/c14-9-13(7-10-3-1-2-4-10)8-11-5-6-12(13)15-11/h10-12H,1-8H2. The number of hydrogen-bond acceptors (Lipinski definition) is 2. The lowest BCUT2D eigenvalue weighted by atomic mass is 9.69. The maximum Gasteiger partial charge on any atom is 0.0862 e. The van der Waals surface area contributed by atoms with Gasteiger partial charge in [-0.3, -0.25) is 0 Å². The van der Waals surface area contributed by atoms with Crippen LogP contribution in [0.4, 0.5) is 0 Å². The fourth-order valence-electron chi connectivity index (χ4n) is 3.91. The monoisotopic (exact) mass is 205 g/mol. The van der Waals surface area contributed by atoms with Gasteiger partial charge >= 0.3 is 0 Å². The van der Waals surface area contributed by atoms with Crippen molar-refractivity contribution in [3.05, 3.63) is 0 Å². The zero-order valence-corrected chi connectivity index (χ0v) is 9.24. The van der Waals surface area contributed by atoms with Gasteiger partial charge < -0.3 is 4.74 Å². The summed E-state index contributed by atoms with van der Waals surface area (Å²) in [6.07, 6.45) is 10.6. The minimum atomic E-state index is -0.0993. The van der Waals surface area contributed by atoms with Crippen molar-refractivity contribution in [2.24, 2.45) is 11.3 Å². The Bertz CT molecular complexity index is 289. The summed E-state index contributed by atoms with van der Waals surface area (Å²) in [6.45, 7) is 0. The Hall–Kier alpha value is -0.550. The fraction of sp³-hybridized carbons (Fsp3) is 0.923. The molecule has 0 aromatic heterocycles. The largest absolute Gasteiger partial charge is 0.373 e. The van der Waals surface area contributed by atoms with E-state index in [1.807, 2.05) is 0 Å². The molecule has 3 fully saturated rings. The number of nitriles is 1. The van der Waals surface area contributed by atoms with Crippen LogP contribution in [0.3, 0.4) is 0 Å². The van der Waals surface area contributed by atoms with E-state index in [2.05, 4.69) is 6.07 Å². The quantitative estimate of drug-likeness (QED) is 0.694. The predicted molar refractivity (Wildman–Crippen MR) is 57.1 cm³/mol. The van der Waals surface area contributed by atoms with Gasteiger partial charge in [-0.1, -0.05) is 25.7 Å². The van der Waals surface area contributed by atoms with E-state index in [-0.39, 0.29) is 11.5 Å². The van der Waals surface area contributed by atoms with Crippen LogP contribution in [0.5, 0.6) is 0 Å². The first kappa shape index (κ1) is 9.66. The van der Waals surface area contributed by atoms with Gasteiger partial charge in [0.25, 0.3) is 0 Å². The highest BCUT2D eigenvalue weighted by molar-refractivity contribution is 5.12. The van der Waals surface area contributed by atoms with E-state index < -0.39 is 0 Å². The molecule has 15 heavy (non-hydrogen) atoms. The first-order valence-corrected chi connectivity index (χ1v) is 6.39. The van der Waals surface area contributed by atoms with Crippen LogP contribution in [0.1, 0.15) is 51.4 Å². The van der Waals surface area contributed by atoms with Crippen molar-refractivity contribution in [3.63, 3.8) is 0 Å². The summed E-state index contributed by atoms with van der Waals surface area (Å²) in [4.78, 5) is 0. The zero-order chi connectivity index (χ0) is 10.3. The Morgan fingerprint density at radius 3 is 2.53 bits per heavy atom. The van der Waals surface area contributed by atoms with Crippen LogP contribution in [0.25, 0.3) is 0 Å².